The van der Waals surface area contributed by atoms with E-state index in [-0.39, 0.29) is 11.7 Å². The Bertz CT molecular complexity index is 1060. The molecule has 0 atom stereocenters. The number of fused-ring (bicyclic) bond motifs is 1. The number of ketones is 1. The summed E-state index contributed by atoms with van der Waals surface area (Å²) in [6, 6.07) is 15.2. The molecule has 148 valence electrons. The first-order chi connectivity index (χ1) is 13.9. The number of aromatic nitrogens is 1. The summed E-state index contributed by atoms with van der Waals surface area (Å²) in [5, 5.41) is 5.86. The van der Waals surface area contributed by atoms with Gasteiger partial charge in [-0.1, -0.05) is 30.3 Å². The smallest absolute Gasteiger partial charge is 0.251 e. The number of nitrogens with one attached hydrogen (secondary N) is 1. The van der Waals surface area contributed by atoms with Gasteiger partial charge in [0.05, 0.1) is 29.2 Å². The first kappa shape index (κ1) is 19.3. The maximum Gasteiger partial charge on any atom is 0.251 e. The quantitative estimate of drug-likeness (QED) is 0.682. The molecule has 0 unspecified atom stereocenters. The zero-order valence-corrected chi connectivity index (χ0v) is 17.2. The molecule has 1 aromatic heterocycles. The predicted molar refractivity (Wildman–Crippen MR) is 113 cm³/mol. The second-order valence-electron chi connectivity index (χ2n) is 7.75. The number of Topliss-reactive ketones (excluding diaryl/α,β-unsaturated/α-hetero) is 1. The van der Waals surface area contributed by atoms with Crippen LogP contribution in [0.3, 0.4) is 0 Å². The van der Waals surface area contributed by atoms with Crippen LogP contribution in [-0.4, -0.2) is 22.3 Å². The molecule has 4 rings (SSSR count). The van der Waals surface area contributed by atoms with Crippen LogP contribution in [0.4, 0.5) is 0 Å². The van der Waals surface area contributed by atoms with Crippen molar-refractivity contribution in [2.75, 3.05) is 0 Å². The zero-order valence-electron chi connectivity index (χ0n) is 16.4. The van der Waals surface area contributed by atoms with Crippen LogP contribution in [0.25, 0.3) is 0 Å². The molecule has 3 aromatic rings. The van der Waals surface area contributed by atoms with Gasteiger partial charge < -0.3 is 10.1 Å². The van der Waals surface area contributed by atoms with Crippen molar-refractivity contribution in [1.82, 2.24) is 10.3 Å². The summed E-state index contributed by atoms with van der Waals surface area (Å²) >= 11 is 1.59. The standard InChI is InChI=1S/C23H22N2O3S/c1-23(2)12-19(26)18-11-16(8-9-20(18)28-23)22(27)24-13-17-14-29-21(25-17)10-15-6-4-3-5-7-15/h3-9,11,14H,10,12-13H2,1-2H3,(H,24,27). The minimum Gasteiger partial charge on any atom is -0.487 e. The van der Waals surface area contributed by atoms with Crippen molar-refractivity contribution in [2.24, 2.45) is 0 Å². The Morgan fingerprint density at radius 2 is 2.00 bits per heavy atom. The average Bonchev–Trinajstić information content (AvgIpc) is 3.13. The fourth-order valence-electron chi connectivity index (χ4n) is 3.35. The number of nitrogens with zero attached hydrogens (tertiary/aromatic N) is 1. The fourth-order valence-corrected chi connectivity index (χ4v) is 4.18. The first-order valence-electron chi connectivity index (χ1n) is 9.51. The van der Waals surface area contributed by atoms with Gasteiger partial charge in [0.2, 0.25) is 0 Å². The number of rotatable bonds is 5. The van der Waals surface area contributed by atoms with Gasteiger partial charge in [-0.25, -0.2) is 4.98 Å². The highest BCUT2D eigenvalue weighted by Gasteiger charge is 2.32. The molecule has 0 saturated heterocycles. The van der Waals surface area contributed by atoms with Gasteiger partial charge in [0.15, 0.2) is 5.78 Å². The van der Waals surface area contributed by atoms with E-state index in [1.165, 1.54) is 5.56 Å². The van der Waals surface area contributed by atoms with E-state index >= 15 is 0 Å². The van der Waals surface area contributed by atoms with Gasteiger partial charge in [-0.2, -0.15) is 0 Å². The molecule has 0 bridgehead atoms. The average molecular weight is 407 g/mol. The second kappa shape index (κ2) is 7.79. The molecule has 0 spiro atoms. The maximum atomic E-state index is 12.5. The Balaban J connectivity index is 1.39. The summed E-state index contributed by atoms with van der Waals surface area (Å²) in [7, 11) is 0. The third-order valence-electron chi connectivity index (χ3n) is 4.74. The number of ether oxygens (including phenoxy) is 1. The predicted octanol–water partition coefficient (Wildman–Crippen LogP) is 4.41. The lowest BCUT2D eigenvalue weighted by Crippen LogP contribution is -2.36. The summed E-state index contributed by atoms with van der Waals surface area (Å²) < 4.78 is 5.84. The Labute approximate surface area is 173 Å². The number of hydrogen-bond donors (Lipinski definition) is 1. The van der Waals surface area contributed by atoms with Crippen LogP contribution in [0.15, 0.2) is 53.9 Å². The van der Waals surface area contributed by atoms with Gasteiger partial charge in [-0.15, -0.1) is 11.3 Å². The van der Waals surface area contributed by atoms with Gasteiger partial charge in [-0.3, -0.25) is 9.59 Å². The van der Waals surface area contributed by atoms with Crippen molar-refractivity contribution in [2.45, 2.75) is 38.8 Å². The van der Waals surface area contributed by atoms with Crippen molar-refractivity contribution in [3.05, 3.63) is 81.3 Å². The van der Waals surface area contributed by atoms with Gasteiger partial charge in [0.1, 0.15) is 11.4 Å². The molecule has 1 aliphatic rings. The molecule has 1 N–H and O–H groups in total. The Kier molecular flexibility index (Phi) is 5.20. The van der Waals surface area contributed by atoms with Crippen LogP contribution in [0.2, 0.25) is 0 Å². The zero-order chi connectivity index (χ0) is 20.4. The first-order valence-corrected chi connectivity index (χ1v) is 10.4. The normalized spacial score (nSPS) is 14.8. The number of amides is 1. The molecule has 0 fully saturated rings. The highest BCUT2D eigenvalue weighted by Crippen LogP contribution is 2.33. The highest BCUT2D eigenvalue weighted by atomic mass is 32.1. The van der Waals surface area contributed by atoms with Crippen LogP contribution in [0.5, 0.6) is 5.75 Å². The van der Waals surface area contributed by atoms with Crippen molar-refractivity contribution in [3.63, 3.8) is 0 Å². The molecular weight excluding hydrogens is 384 g/mol. The minimum absolute atomic E-state index is 0.00375. The second-order valence-corrected chi connectivity index (χ2v) is 8.69. The summed E-state index contributed by atoms with van der Waals surface area (Å²) in [6.45, 7) is 4.11. The van der Waals surface area contributed by atoms with Gasteiger partial charge in [0, 0.05) is 17.4 Å². The Hall–Kier alpha value is -2.99. The number of thiazole rings is 1. The molecule has 6 heteroatoms. The monoisotopic (exact) mass is 406 g/mol. The molecule has 1 aliphatic heterocycles. The topological polar surface area (TPSA) is 68.3 Å². The van der Waals surface area contributed by atoms with Crippen LogP contribution in [0, 0.1) is 0 Å². The van der Waals surface area contributed by atoms with Gasteiger partial charge in [-0.05, 0) is 37.6 Å². The van der Waals surface area contributed by atoms with Crippen LogP contribution in [-0.2, 0) is 13.0 Å². The van der Waals surface area contributed by atoms with Crippen molar-refractivity contribution < 1.29 is 14.3 Å². The van der Waals surface area contributed by atoms with Crippen molar-refractivity contribution in [1.29, 1.82) is 0 Å². The number of benzene rings is 2. The molecule has 0 radical (unpaired) electrons. The minimum atomic E-state index is -0.518. The van der Waals surface area contributed by atoms with E-state index in [4.69, 9.17) is 4.74 Å². The fraction of sp³-hybridized carbons (Fsp3) is 0.261. The molecule has 5 nitrogen and oxygen atoms in total. The van der Waals surface area contributed by atoms with E-state index in [1.807, 2.05) is 37.4 Å². The van der Waals surface area contributed by atoms with E-state index in [2.05, 4.69) is 22.4 Å². The third-order valence-corrected chi connectivity index (χ3v) is 5.64. The molecular formula is C23H22N2O3S. The Morgan fingerprint density at radius 1 is 1.21 bits per heavy atom. The summed E-state index contributed by atoms with van der Waals surface area (Å²) in [4.78, 5) is 29.5. The van der Waals surface area contributed by atoms with Crippen molar-refractivity contribution >= 4 is 23.0 Å². The van der Waals surface area contributed by atoms with E-state index in [1.54, 1.807) is 29.5 Å². The lowest BCUT2D eigenvalue weighted by molar-refractivity contribution is 0.0620. The van der Waals surface area contributed by atoms with Gasteiger partial charge in [0.25, 0.3) is 5.91 Å². The number of hydrogen-bond acceptors (Lipinski definition) is 5. The number of carbonyl (C=O) groups is 2. The van der Waals surface area contributed by atoms with E-state index in [0.29, 0.717) is 29.8 Å². The molecule has 1 amide bonds. The molecule has 0 saturated carbocycles. The van der Waals surface area contributed by atoms with Crippen LogP contribution >= 0.6 is 11.3 Å². The van der Waals surface area contributed by atoms with E-state index < -0.39 is 5.60 Å². The lowest BCUT2D eigenvalue weighted by atomic mass is 9.92. The number of carbonyl (C=O) groups excluding carboxylic acids is 2. The van der Waals surface area contributed by atoms with Crippen LogP contribution < -0.4 is 10.1 Å². The molecule has 0 aliphatic carbocycles. The van der Waals surface area contributed by atoms with Crippen molar-refractivity contribution in [3.8, 4) is 5.75 Å². The third kappa shape index (κ3) is 4.54. The maximum absolute atomic E-state index is 12.5. The largest absolute Gasteiger partial charge is 0.487 e. The Morgan fingerprint density at radius 3 is 2.79 bits per heavy atom. The van der Waals surface area contributed by atoms with Gasteiger partial charge >= 0.3 is 0 Å². The summed E-state index contributed by atoms with van der Waals surface area (Å²) in [6.07, 6.45) is 1.08. The highest BCUT2D eigenvalue weighted by molar-refractivity contribution is 7.09. The molecule has 2 heterocycles. The van der Waals surface area contributed by atoms with Crippen LogP contribution in [0.1, 0.15) is 57.2 Å². The van der Waals surface area contributed by atoms with E-state index in [9.17, 15) is 9.59 Å². The molecule has 2 aromatic carbocycles. The summed E-state index contributed by atoms with van der Waals surface area (Å²) in [5.74, 6) is 0.298. The van der Waals surface area contributed by atoms with E-state index in [0.717, 1.165) is 17.1 Å². The summed E-state index contributed by atoms with van der Waals surface area (Å²) in [5.41, 5.74) is 2.43. The lowest BCUT2D eigenvalue weighted by Gasteiger charge is -2.31. The molecule has 29 heavy (non-hydrogen) atoms. The SMILES string of the molecule is CC1(C)CC(=O)c2cc(C(=O)NCc3csc(Cc4ccccc4)n3)ccc2O1.